The van der Waals surface area contributed by atoms with Gasteiger partial charge in [0.15, 0.2) is 0 Å². The fourth-order valence-corrected chi connectivity index (χ4v) is 3.00. The molecule has 0 unspecified atom stereocenters. The molecule has 0 fully saturated rings. The number of thioether (sulfide) groups is 1. The molecule has 0 saturated heterocycles. The second kappa shape index (κ2) is 12.7. The highest BCUT2D eigenvalue weighted by atomic mass is 32.2. The lowest BCUT2D eigenvalue weighted by Gasteiger charge is -2.11. The second-order valence-corrected chi connectivity index (χ2v) is 6.70. The molecule has 0 aliphatic heterocycles. The molecular formula is C18H26N6O2S. The van der Waals surface area contributed by atoms with E-state index in [1.807, 2.05) is 12.3 Å². The van der Waals surface area contributed by atoms with Gasteiger partial charge in [0.1, 0.15) is 0 Å². The Bertz CT molecular complexity index is 678. The summed E-state index contributed by atoms with van der Waals surface area (Å²) >= 11 is 1.79. The molecule has 0 aliphatic carbocycles. The van der Waals surface area contributed by atoms with Gasteiger partial charge in [-0.15, -0.1) is 0 Å². The Morgan fingerprint density at radius 1 is 1.37 bits per heavy atom. The molecule has 0 aromatic carbocycles. The summed E-state index contributed by atoms with van der Waals surface area (Å²) in [7, 11) is 0. The Balaban J connectivity index is 1.71. The third kappa shape index (κ3) is 9.09. The van der Waals surface area contributed by atoms with Gasteiger partial charge in [0, 0.05) is 48.9 Å². The maximum atomic E-state index is 11.7. The number of carbonyl (C=O) groups is 1. The van der Waals surface area contributed by atoms with Crippen molar-refractivity contribution in [1.29, 1.82) is 0 Å². The average Bonchev–Trinajstić information content (AvgIpc) is 3.19. The highest BCUT2D eigenvalue weighted by Gasteiger charge is 2.06. The topological polar surface area (TPSA) is 104 Å². The lowest BCUT2D eigenvalue weighted by Crippen LogP contribution is -2.42. The first kappa shape index (κ1) is 20.8. The maximum absolute atomic E-state index is 11.7. The van der Waals surface area contributed by atoms with Crippen LogP contribution in [0.5, 0.6) is 0 Å². The monoisotopic (exact) mass is 390 g/mol. The molecule has 27 heavy (non-hydrogen) atoms. The smallest absolute Gasteiger partial charge is 0.413 e. The zero-order chi connectivity index (χ0) is 19.2. The van der Waals surface area contributed by atoms with E-state index in [2.05, 4.69) is 36.6 Å². The van der Waals surface area contributed by atoms with E-state index in [9.17, 15) is 4.79 Å². The summed E-state index contributed by atoms with van der Waals surface area (Å²) in [4.78, 5) is 27.3. The summed E-state index contributed by atoms with van der Waals surface area (Å²) in [6.45, 7) is 3.37. The van der Waals surface area contributed by atoms with Crippen LogP contribution in [0.4, 0.5) is 4.79 Å². The Morgan fingerprint density at radius 3 is 3.04 bits per heavy atom. The number of guanidine groups is 1. The molecule has 0 saturated carbocycles. The molecule has 0 radical (unpaired) electrons. The Morgan fingerprint density at radius 2 is 2.30 bits per heavy atom. The van der Waals surface area contributed by atoms with Crippen LogP contribution in [0.15, 0.2) is 42.0 Å². The van der Waals surface area contributed by atoms with Crippen LogP contribution in [-0.4, -0.2) is 52.5 Å². The number of ether oxygens (including phenoxy) is 1. The first-order chi connectivity index (χ1) is 13.3. The molecule has 8 nitrogen and oxygen atoms in total. The maximum Gasteiger partial charge on any atom is 0.413 e. The van der Waals surface area contributed by atoms with Gasteiger partial charge in [-0.2, -0.15) is 11.8 Å². The molecule has 2 heterocycles. The van der Waals surface area contributed by atoms with Gasteiger partial charge in [0.2, 0.25) is 5.96 Å². The van der Waals surface area contributed by atoms with Gasteiger partial charge in [0.05, 0.1) is 12.9 Å². The molecular weight excluding hydrogens is 364 g/mol. The van der Waals surface area contributed by atoms with Gasteiger partial charge >= 0.3 is 6.09 Å². The molecule has 146 valence electrons. The van der Waals surface area contributed by atoms with E-state index in [1.165, 1.54) is 5.56 Å². The molecule has 0 bridgehead atoms. The number of aryl methyl sites for hydroxylation is 1. The van der Waals surface area contributed by atoms with Crippen molar-refractivity contribution in [2.45, 2.75) is 25.5 Å². The third-order valence-electron chi connectivity index (χ3n) is 3.46. The van der Waals surface area contributed by atoms with Crippen LogP contribution in [0.3, 0.4) is 0 Å². The number of alkyl carbamates (subject to hydrolysis) is 1. The van der Waals surface area contributed by atoms with Crippen molar-refractivity contribution in [3.05, 3.63) is 48.3 Å². The molecule has 3 N–H and O–H groups in total. The van der Waals surface area contributed by atoms with Gasteiger partial charge in [-0.1, -0.05) is 6.07 Å². The Kier molecular flexibility index (Phi) is 9.80. The van der Waals surface area contributed by atoms with Crippen LogP contribution in [0.25, 0.3) is 0 Å². The van der Waals surface area contributed by atoms with E-state index in [1.54, 1.807) is 37.4 Å². The van der Waals surface area contributed by atoms with Crippen LogP contribution in [0.2, 0.25) is 0 Å². The summed E-state index contributed by atoms with van der Waals surface area (Å²) in [6, 6.07) is 3.99. The SMILES string of the molecule is CCOC(=O)NC(=NCCCc1cnc[nH]1)NCCSCc1cccnc1. The highest BCUT2D eigenvalue weighted by molar-refractivity contribution is 7.98. The molecule has 2 aromatic rings. The number of nitrogens with one attached hydrogen (secondary N) is 3. The van der Waals surface area contributed by atoms with E-state index in [0.29, 0.717) is 25.7 Å². The summed E-state index contributed by atoms with van der Waals surface area (Å²) in [5.74, 6) is 2.23. The van der Waals surface area contributed by atoms with Gasteiger partial charge < -0.3 is 15.0 Å². The zero-order valence-electron chi connectivity index (χ0n) is 15.5. The summed E-state index contributed by atoms with van der Waals surface area (Å²) in [6.07, 6.45) is 8.32. The van der Waals surface area contributed by atoms with Crippen LogP contribution in [-0.2, 0) is 16.9 Å². The lowest BCUT2D eigenvalue weighted by atomic mass is 10.2. The first-order valence-corrected chi connectivity index (χ1v) is 10.1. The molecule has 0 atom stereocenters. The lowest BCUT2D eigenvalue weighted by molar-refractivity contribution is 0.157. The minimum atomic E-state index is -0.500. The van der Waals surface area contributed by atoms with Crippen LogP contribution >= 0.6 is 11.8 Å². The van der Waals surface area contributed by atoms with E-state index in [-0.39, 0.29) is 0 Å². The number of nitrogens with zero attached hydrogens (tertiary/aromatic N) is 3. The first-order valence-electron chi connectivity index (χ1n) is 8.94. The standard InChI is InChI=1S/C18H26N6O2S/c1-2-26-18(25)24-17(21-8-4-6-16-12-20-14-23-16)22-9-10-27-13-15-5-3-7-19-11-15/h3,5,7,11-12,14H,2,4,6,8-10,13H2,1H3,(H,20,23)(H2,21,22,24,25). The fraction of sp³-hybridized carbons (Fsp3) is 0.444. The normalized spacial score (nSPS) is 11.2. The van der Waals surface area contributed by atoms with Gasteiger partial charge in [-0.3, -0.25) is 15.3 Å². The quantitative estimate of drug-likeness (QED) is 0.327. The van der Waals surface area contributed by atoms with Crippen LogP contribution in [0, 0.1) is 0 Å². The number of aromatic amines is 1. The number of amides is 1. The van der Waals surface area contributed by atoms with Crippen molar-refractivity contribution in [2.75, 3.05) is 25.4 Å². The number of hydrogen-bond donors (Lipinski definition) is 3. The van der Waals surface area contributed by atoms with Crippen molar-refractivity contribution >= 4 is 23.8 Å². The molecule has 2 rings (SSSR count). The number of aromatic nitrogens is 3. The second-order valence-electron chi connectivity index (χ2n) is 5.60. The van der Waals surface area contributed by atoms with Crippen molar-refractivity contribution < 1.29 is 9.53 Å². The predicted octanol–water partition coefficient (Wildman–Crippen LogP) is 2.36. The number of imidazole rings is 1. The molecule has 0 aliphatic rings. The van der Waals surface area contributed by atoms with Crippen molar-refractivity contribution in [1.82, 2.24) is 25.6 Å². The predicted molar refractivity (Wildman–Crippen MR) is 108 cm³/mol. The summed E-state index contributed by atoms with van der Waals surface area (Å²) < 4.78 is 4.93. The zero-order valence-corrected chi connectivity index (χ0v) is 16.3. The Hall–Kier alpha value is -2.55. The third-order valence-corrected chi connectivity index (χ3v) is 4.49. The minimum absolute atomic E-state index is 0.319. The van der Waals surface area contributed by atoms with Crippen molar-refractivity contribution in [3.8, 4) is 0 Å². The number of aliphatic imine (C=N–C) groups is 1. The van der Waals surface area contributed by atoms with Crippen LogP contribution in [0.1, 0.15) is 24.6 Å². The van der Waals surface area contributed by atoms with Crippen LogP contribution < -0.4 is 10.6 Å². The highest BCUT2D eigenvalue weighted by Crippen LogP contribution is 2.09. The van der Waals surface area contributed by atoms with Crippen molar-refractivity contribution in [3.63, 3.8) is 0 Å². The number of rotatable bonds is 10. The largest absolute Gasteiger partial charge is 0.450 e. The molecule has 1 amide bonds. The van der Waals surface area contributed by atoms with E-state index < -0.39 is 6.09 Å². The average molecular weight is 391 g/mol. The van der Waals surface area contributed by atoms with E-state index in [0.717, 1.165) is 30.0 Å². The van der Waals surface area contributed by atoms with Gasteiger partial charge in [0.25, 0.3) is 0 Å². The Labute approximate surface area is 163 Å². The van der Waals surface area contributed by atoms with Crippen molar-refractivity contribution in [2.24, 2.45) is 4.99 Å². The summed E-state index contributed by atoms with van der Waals surface area (Å²) in [5.41, 5.74) is 2.27. The number of hydrogen-bond acceptors (Lipinski definition) is 6. The molecule has 9 heteroatoms. The van der Waals surface area contributed by atoms with E-state index in [4.69, 9.17) is 4.74 Å². The number of pyridine rings is 1. The summed E-state index contributed by atoms with van der Waals surface area (Å²) in [5, 5.41) is 5.83. The molecule has 2 aromatic heterocycles. The van der Waals surface area contributed by atoms with Gasteiger partial charge in [-0.05, 0) is 31.4 Å². The van der Waals surface area contributed by atoms with E-state index >= 15 is 0 Å². The molecule has 0 spiro atoms. The number of carbonyl (C=O) groups excluding carboxylic acids is 1. The van der Waals surface area contributed by atoms with Gasteiger partial charge in [-0.25, -0.2) is 9.78 Å². The minimum Gasteiger partial charge on any atom is -0.450 e. The number of H-pyrrole nitrogens is 1. The fourth-order valence-electron chi connectivity index (χ4n) is 2.20.